The number of hydrogen-bond donors (Lipinski definition) is 2. The van der Waals surface area contributed by atoms with Gasteiger partial charge in [-0.15, -0.1) is 10.2 Å². The van der Waals surface area contributed by atoms with E-state index in [0.29, 0.717) is 22.1 Å². The third-order valence-corrected chi connectivity index (χ3v) is 4.38. The number of carbonyl (C=O) groups is 2. The molecule has 2 N–H and O–H groups in total. The third kappa shape index (κ3) is 7.19. The Morgan fingerprint density at radius 1 is 1.21 bits per heavy atom. The zero-order chi connectivity index (χ0) is 20.4. The van der Waals surface area contributed by atoms with Gasteiger partial charge in [-0.1, -0.05) is 31.1 Å². The molecule has 1 aromatic carbocycles. The van der Waals surface area contributed by atoms with Crippen molar-refractivity contribution in [1.82, 2.24) is 15.6 Å². The van der Waals surface area contributed by atoms with Crippen LogP contribution in [-0.4, -0.2) is 33.1 Å². The number of nitro groups is 1. The molecule has 1 heterocycles. The number of nitrogens with zero attached hydrogens (tertiary/aromatic N) is 4. The minimum absolute atomic E-state index is 0.0225. The van der Waals surface area contributed by atoms with E-state index in [1.54, 1.807) is 0 Å². The molecule has 11 heteroatoms. The van der Waals surface area contributed by atoms with Crippen molar-refractivity contribution in [3.05, 3.63) is 45.0 Å². The molecule has 2 rings (SSSR count). The Kier molecular flexibility index (Phi) is 8.15. The zero-order valence-corrected chi connectivity index (χ0v) is 16.1. The molecule has 148 valence electrons. The van der Waals surface area contributed by atoms with Crippen molar-refractivity contribution in [3.63, 3.8) is 0 Å². The number of aromatic nitrogens is 2. The first-order valence-corrected chi connectivity index (χ1v) is 9.48. The summed E-state index contributed by atoms with van der Waals surface area (Å²) in [6.45, 7) is 2.07. The summed E-state index contributed by atoms with van der Waals surface area (Å²) < 4.78 is 0. The first-order chi connectivity index (χ1) is 13.5. The van der Waals surface area contributed by atoms with Crippen LogP contribution in [0.5, 0.6) is 0 Å². The monoisotopic (exact) mass is 404 g/mol. The maximum atomic E-state index is 11.9. The van der Waals surface area contributed by atoms with Crippen LogP contribution < -0.4 is 10.7 Å². The highest BCUT2D eigenvalue weighted by Gasteiger charge is 2.11. The number of benzene rings is 1. The summed E-state index contributed by atoms with van der Waals surface area (Å²) in [6.07, 6.45) is 4.64. The summed E-state index contributed by atoms with van der Waals surface area (Å²) in [5, 5.41) is 25.6. The standard InChI is InChI=1S/C17H20N6O4S/c1-2-3-4-5-14(24)19-17-22-21-16(28-17)10-15(25)20-18-11-12-6-8-13(9-7-12)23(26)27/h6-9,11H,2-5,10H2,1H3,(H,20,25)(H,19,22,24)/b18-11-. The van der Waals surface area contributed by atoms with Crippen LogP contribution in [0.25, 0.3) is 0 Å². The molecule has 0 atom stereocenters. The molecular formula is C17H20N6O4S. The largest absolute Gasteiger partial charge is 0.301 e. The predicted octanol–water partition coefficient (Wildman–Crippen LogP) is 2.66. The molecule has 2 aromatic rings. The molecule has 28 heavy (non-hydrogen) atoms. The summed E-state index contributed by atoms with van der Waals surface area (Å²) in [5.41, 5.74) is 2.93. The average Bonchev–Trinajstić information content (AvgIpc) is 3.09. The van der Waals surface area contributed by atoms with E-state index in [4.69, 9.17) is 0 Å². The second-order valence-corrected chi connectivity index (χ2v) is 6.89. The Bertz CT molecular complexity index is 850. The van der Waals surface area contributed by atoms with Crippen LogP contribution in [-0.2, 0) is 16.0 Å². The van der Waals surface area contributed by atoms with E-state index in [2.05, 4.69) is 33.0 Å². The zero-order valence-electron chi connectivity index (χ0n) is 15.3. The number of carbonyl (C=O) groups excluding carboxylic acids is 2. The van der Waals surface area contributed by atoms with Gasteiger partial charge in [0.05, 0.1) is 17.6 Å². The van der Waals surface area contributed by atoms with Crippen LogP contribution in [0.15, 0.2) is 29.4 Å². The quantitative estimate of drug-likeness (QED) is 0.270. The van der Waals surface area contributed by atoms with Crippen LogP contribution in [0.1, 0.15) is 43.2 Å². The third-order valence-electron chi connectivity index (χ3n) is 3.54. The molecule has 2 amide bonds. The van der Waals surface area contributed by atoms with Gasteiger partial charge in [0.15, 0.2) is 0 Å². The molecule has 10 nitrogen and oxygen atoms in total. The first kappa shape index (κ1) is 21.1. The molecule has 0 saturated heterocycles. The first-order valence-electron chi connectivity index (χ1n) is 8.66. The van der Waals surface area contributed by atoms with Crippen LogP contribution >= 0.6 is 11.3 Å². The summed E-state index contributed by atoms with van der Waals surface area (Å²) in [6, 6.07) is 5.74. The number of nitro benzene ring substituents is 1. The van der Waals surface area contributed by atoms with Crippen LogP contribution in [0, 0.1) is 10.1 Å². The number of anilines is 1. The van der Waals surface area contributed by atoms with E-state index in [0.717, 1.165) is 30.6 Å². The molecule has 0 aliphatic heterocycles. The predicted molar refractivity (Wildman–Crippen MR) is 105 cm³/mol. The van der Waals surface area contributed by atoms with Crippen LogP contribution in [0.2, 0.25) is 0 Å². The molecule has 0 aliphatic rings. The van der Waals surface area contributed by atoms with Crippen LogP contribution in [0.3, 0.4) is 0 Å². The van der Waals surface area contributed by atoms with Crippen LogP contribution in [0.4, 0.5) is 10.8 Å². The molecule has 1 aromatic heterocycles. The van der Waals surface area contributed by atoms with Crippen molar-refractivity contribution in [1.29, 1.82) is 0 Å². The second kappa shape index (κ2) is 10.8. The average molecular weight is 404 g/mol. The van der Waals surface area contributed by atoms with Gasteiger partial charge in [-0.2, -0.15) is 5.10 Å². The lowest BCUT2D eigenvalue weighted by atomic mass is 10.2. The molecule has 0 unspecified atom stereocenters. The number of nitrogens with one attached hydrogen (secondary N) is 2. The highest BCUT2D eigenvalue weighted by Crippen LogP contribution is 2.16. The SMILES string of the molecule is CCCCCC(=O)Nc1nnc(CC(=O)N/N=C\c2ccc([N+](=O)[O-])cc2)s1. The van der Waals surface area contributed by atoms with E-state index in [-0.39, 0.29) is 18.0 Å². The fourth-order valence-electron chi connectivity index (χ4n) is 2.13. The lowest BCUT2D eigenvalue weighted by Crippen LogP contribution is -2.19. The Hall–Kier alpha value is -3.21. The van der Waals surface area contributed by atoms with Crippen molar-refractivity contribution in [2.45, 2.75) is 39.0 Å². The molecule has 0 radical (unpaired) electrons. The second-order valence-electron chi connectivity index (χ2n) is 5.82. The number of hydrazone groups is 1. The topological polar surface area (TPSA) is 139 Å². The van der Waals surface area contributed by atoms with Gasteiger partial charge in [0.2, 0.25) is 16.9 Å². The normalized spacial score (nSPS) is 10.8. The number of rotatable bonds is 10. The molecule has 0 spiro atoms. The summed E-state index contributed by atoms with van der Waals surface area (Å²) in [5.74, 6) is -0.511. The number of unbranched alkanes of at least 4 members (excludes halogenated alkanes) is 2. The van der Waals surface area contributed by atoms with Gasteiger partial charge in [-0.05, 0) is 24.1 Å². The van der Waals surface area contributed by atoms with Crippen molar-refractivity contribution >= 4 is 40.2 Å². The molecule has 0 saturated carbocycles. The lowest BCUT2D eigenvalue weighted by molar-refractivity contribution is -0.384. The van der Waals surface area contributed by atoms with Gasteiger partial charge < -0.3 is 5.32 Å². The van der Waals surface area contributed by atoms with E-state index in [1.165, 1.54) is 30.5 Å². The van der Waals surface area contributed by atoms with Gasteiger partial charge in [-0.25, -0.2) is 5.43 Å². The maximum Gasteiger partial charge on any atom is 0.269 e. The van der Waals surface area contributed by atoms with Crippen molar-refractivity contribution in [2.75, 3.05) is 5.32 Å². The minimum atomic E-state index is -0.493. The molecule has 0 aliphatic carbocycles. The Labute approximate surface area is 165 Å². The highest BCUT2D eigenvalue weighted by molar-refractivity contribution is 7.15. The Morgan fingerprint density at radius 2 is 1.96 bits per heavy atom. The number of hydrogen-bond acceptors (Lipinski definition) is 8. The van der Waals surface area contributed by atoms with Crippen molar-refractivity contribution < 1.29 is 14.5 Å². The summed E-state index contributed by atoms with van der Waals surface area (Å²) >= 11 is 1.13. The van der Waals surface area contributed by atoms with E-state index >= 15 is 0 Å². The lowest BCUT2D eigenvalue weighted by Gasteiger charge is -1.99. The Balaban J connectivity index is 1.77. The number of amides is 2. The Morgan fingerprint density at radius 3 is 2.64 bits per heavy atom. The van der Waals surface area contributed by atoms with E-state index in [9.17, 15) is 19.7 Å². The van der Waals surface area contributed by atoms with Gasteiger partial charge in [0.1, 0.15) is 5.01 Å². The van der Waals surface area contributed by atoms with E-state index < -0.39 is 10.8 Å². The molecule has 0 fully saturated rings. The maximum absolute atomic E-state index is 11.9. The van der Waals surface area contributed by atoms with Crippen molar-refractivity contribution in [2.24, 2.45) is 5.10 Å². The smallest absolute Gasteiger partial charge is 0.269 e. The van der Waals surface area contributed by atoms with E-state index in [1.807, 2.05) is 0 Å². The van der Waals surface area contributed by atoms with Crippen molar-refractivity contribution in [3.8, 4) is 0 Å². The van der Waals surface area contributed by atoms with Gasteiger partial charge in [-0.3, -0.25) is 19.7 Å². The van der Waals surface area contributed by atoms with Gasteiger partial charge >= 0.3 is 0 Å². The minimum Gasteiger partial charge on any atom is -0.301 e. The number of non-ortho nitro benzene ring substituents is 1. The summed E-state index contributed by atoms with van der Waals surface area (Å²) in [4.78, 5) is 33.7. The van der Waals surface area contributed by atoms with Gasteiger partial charge in [0, 0.05) is 18.6 Å². The summed E-state index contributed by atoms with van der Waals surface area (Å²) in [7, 11) is 0. The fraction of sp³-hybridized carbons (Fsp3) is 0.353. The molecular weight excluding hydrogens is 384 g/mol. The highest BCUT2D eigenvalue weighted by atomic mass is 32.1. The fourth-order valence-corrected chi connectivity index (χ4v) is 2.89. The molecule has 0 bridgehead atoms. The van der Waals surface area contributed by atoms with Gasteiger partial charge in [0.25, 0.3) is 5.69 Å².